The molecule has 0 fully saturated rings. The highest BCUT2D eigenvalue weighted by molar-refractivity contribution is 5.92. The Morgan fingerprint density at radius 1 is 1.14 bits per heavy atom. The van der Waals surface area contributed by atoms with E-state index < -0.39 is 0 Å². The van der Waals surface area contributed by atoms with Gasteiger partial charge in [0, 0.05) is 17.7 Å². The minimum Gasteiger partial charge on any atom is -0.436 e. The fourth-order valence-electron chi connectivity index (χ4n) is 2.25. The Morgan fingerprint density at radius 2 is 1.95 bits per heavy atom. The van der Waals surface area contributed by atoms with Crippen LogP contribution in [0.5, 0.6) is 0 Å². The van der Waals surface area contributed by atoms with Crippen LogP contribution in [0.4, 0.5) is 5.69 Å². The molecule has 2 aromatic carbocycles. The standard InChI is InChI=1S/C18H18N2O2/c1-4-17(21)19-14-7-8-16-15(10-14)20-18(22-16)13-6-5-11(2)12(3)9-13/h5-10H,4H2,1-3H3,(H,19,21). The summed E-state index contributed by atoms with van der Waals surface area (Å²) in [5.41, 5.74) is 5.59. The Morgan fingerprint density at radius 3 is 2.68 bits per heavy atom. The average molecular weight is 294 g/mol. The molecule has 1 aromatic heterocycles. The summed E-state index contributed by atoms with van der Waals surface area (Å²) in [5, 5.41) is 2.83. The summed E-state index contributed by atoms with van der Waals surface area (Å²) in [7, 11) is 0. The molecule has 0 bridgehead atoms. The molecule has 112 valence electrons. The number of anilines is 1. The van der Waals surface area contributed by atoms with Crippen molar-refractivity contribution in [1.29, 1.82) is 0 Å². The number of amides is 1. The first kappa shape index (κ1) is 14.3. The van der Waals surface area contributed by atoms with E-state index in [2.05, 4.69) is 36.3 Å². The molecular weight excluding hydrogens is 276 g/mol. The molecule has 0 aliphatic carbocycles. The van der Waals surface area contributed by atoms with Crippen LogP contribution in [0, 0.1) is 13.8 Å². The summed E-state index contributed by atoms with van der Waals surface area (Å²) in [6.45, 7) is 5.97. The quantitative estimate of drug-likeness (QED) is 0.776. The minimum absolute atomic E-state index is 0.0165. The lowest BCUT2D eigenvalue weighted by Crippen LogP contribution is -2.08. The summed E-state index contributed by atoms with van der Waals surface area (Å²) >= 11 is 0. The van der Waals surface area contributed by atoms with Crippen LogP contribution >= 0.6 is 0 Å². The van der Waals surface area contributed by atoms with Crippen molar-refractivity contribution < 1.29 is 9.21 Å². The zero-order valence-electron chi connectivity index (χ0n) is 12.9. The molecule has 0 saturated carbocycles. The van der Waals surface area contributed by atoms with Gasteiger partial charge in [-0.05, 0) is 55.3 Å². The second kappa shape index (κ2) is 5.64. The number of hydrogen-bond donors (Lipinski definition) is 1. The van der Waals surface area contributed by atoms with Crippen LogP contribution < -0.4 is 5.32 Å². The van der Waals surface area contributed by atoms with Crippen molar-refractivity contribution in [2.24, 2.45) is 0 Å². The largest absolute Gasteiger partial charge is 0.436 e. The Hall–Kier alpha value is -2.62. The van der Waals surface area contributed by atoms with Crippen molar-refractivity contribution in [3.05, 3.63) is 47.5 Å². The van der Waals surface area contributed by atoms with E-state index in [0.717, 1.165) is 16.8 Å². The molecule has 4 heteroatoms. The first-order valence-electron chi connectivity index (χ1n) is 7.35. The summed E-state index contributed by atoms with van der Waals surface area (Å²) in [6.07, 6.45) is 0.449. The summed E-state index contributed by atoms with van der Waals surface area (Å²) < 4.78 is 5.81. The third kappa shape index (κ3) is 2.72. The van der Waals surface area contributed by atoms with E-state index in [1.54, 1.807) is 0 Å². The van der Waals surface area contributed by atoms with Gasteiger partial charge < -0.3 is 9.73 Å². The number of carbonyl (C=O) groups excluding carboxylic acids is 1. The molecule has 1 amide bonds. The number of benzene rings is 2. The van der Waals surface area contributed by atoms with Gasteiger partial charge in [-0.2, -0.15) is 0 Å². The smallest absolute Gasteiger partial charge is 0.227 e. The molecule has 22 heavy (non-hydrogen) atoms. The highest BCUT2D eigenvalue weighted by Gasteiger charge is 2.10. The van der Waals surface area contributed by atoms with Crippen molar-refractivity contribution >= 4 is 22.7 Å². The van der Waals surface area contributed by atoms with Gasteiger partial charge in [0.05, 0.1) is 0 Å². The fourth-order valence-corrected chi connectivity index (χ4v) is 2.25. The number of nitrogens with zero attached hydrogens (tertiary/aromatic N) is 1. The highest BCUT2D eigenvalue weighted by atomic mass is 16.3. The third-order valence-electron chi connectivity index (χ3n) is 3.75. The second-order valence-electron chi connectivity index (χ2n) is 5.40. The molecule has 4 nitrogen and oxygen atoms in total. The molecule has 3 aromatic rings. The number of rotatable bonds is 3. The molecule has 0 spiro atoms. The van der Waals surface area contributed by atoms with Gasteiger partial charge in [0.1, 0.15) is 5.52 Å². The SMILES string of the molecule is CCC(=O)Nc1ccc2oc(-c3ccc(C)c(C)c3)nc2c1. The van der Waals surface area contributed by atoms with Gasteiger partial charge >= 0.3 is 0 Å². The maximum atomic E-state index is 11.5. The first-order chi connectivity index (χ1) is 10.6. The normalized spacial score (nSPS) is 10.9. The van der Waals surface area contributed by atoms with E-state index in [9.17, 15) is 4.79 Å². The Bertz CT molecular complexity index is 849. The molecule has 3 rings (SSSR count). The molecule has 1 N–H and O–H groups in total. The van der Waals surface area contributed by atoms with Gasteiger partial charge in [-0.15, -0.1) is 0 Å². The number of nitrogens with one attached hydrogen (secondary N) is 1. The topological polar surface area (TPSA) is 55.1 Å². The summed E-state index contributed by atoms with van der Waals surface area (Å²) in [6, 6.07) is 11.6. The number of hydrogen-bond acceptors (Lipinski definition) is 3. The summed E-state index contributed by atoms with van der Waals surface area (Å²) in [4.78, 5) is 16.0. The number of oxazole rings is 1. The van der Waals surface area contributed by atoms with Crippen LogP contribution in [0.2, 0.25) is 0 Å². The van der Waals surface area contributed by atoms with Gasteiger partial charge in [0.25, 0.3) is 0 Å². The Labute approximate surface area is 129 Å². The molecule has 0 aliphatic rings. The molecule has 0 atom stereocenters. The lowest BCUT2D eigenvalue weighted by Gasteiger charge is -2.01. The number of fused-ring (bicyclic) bond motifs is 1. The van der Waals surface area contributed by atoms with E-state index in [4.69, 9.17) is 4.42 Å². The van der Waals surface area contributed by atoms with E-state index >= 15 is 0 Å². The van der Waals surface area contributed by atoms with Crippen molar-refractivity contribution in [2.75, 3.05) is 5.32 Å². The molecule has 0 unspecified atom stereocenters. The zero-order chi connectivity index (χ0) is 15.7. The van der Waals surface area contributed by atoms with Gasteiger partial charge in [-0.3, -0.25) is 4.79 Å². The number of aromatic nitrogens is 1. The monoisotopic (exact) mass is 294 g/mol. The second-order valence-corrected chi connectivity index (χ2v) is 5.40. The van der Waals surface area contributed by atoms with Crippen molar-refractivity contribution in [3.63, 3.8) is 0 Å². The van der Waals surface area contributed by atoms with Gasteiger partial charge in [-0.1, -0.05) is 13.0 Å². The van der Waals surface area contributed by atoms with Crippen LogP contribution in [0.25, 0.3) is 22.6 Å². The van der Waals surface area contributed by atoms with Gasteiger partial charge in [0.2, 0.25) is 11.8 Å². The minimum atomic E-state index is -0.0165. The molecular formula is C18H18N2O2. The van der Waals surface area contributed by atoms with Crippen LogP contribution in [0.15, 0.2) is 40.8 Å². The van der Waals surface area contributed by atoms with Crippen LogP contribution in [0.3, 0.4) is 0 Å². The Balaban J connectivity index is 1.98. The predicted octanol–water partition coefficient (Wildman–Crippen LogP) is 4.46. The zero-order valence-corrected chi connectivity index (χ0v) is 12.9. The average Bonchev–Trinajstić information content (AvgIpc) is 2.93. The van der Waals surface area contributed by atoms with E-state index in [-0.39, 0.29) is 5.91 Å². The van der Waals surface area contributed by atoms with Crippen molar-refractivity contribution in [2.45, 2.75) is 27.2 Å². The van der Waals surface area contributed by atoms with Crippen molar-refractivity contribution in [3.8, 4) is 11.5 Å². The van der Waals surface area contributed by atoms with Gasteiger partial charge in [-0.25, -0.2) is 4.98 Å². The van der Waals surface area contributed by atoms with Crippen LogP contribution in [-0.4, -0.2) is 10.9 Å². The van der Waals surface area contributed by atoms with E-state index in [1.165, 1.54) is 11.1 Å². The maximum absolute atomic E-state index is 11.5. The predicted molar refractivity (Wildman–Crippen MR) is 87.8 cm³/mol. The first-order valence-corrected chi connectivity index (χ1v) is 7.35. The number of aryl methyl sites for hydroxylation is 2. The lowest BCUT2D eigenvalue weighted by molar-refractivity contribution is -0.115. The molecule has 1 heterocycles. The maximum Gasteiger partial charge on any atom is 0.227 e. The molecule has 0 aliphatic heterocycles. The van der Waals surface area contributed by atoms with Gasteiger partial charge in [0.15, 0.2) is 5.58 Å². The van der Waals surface area contributed by atoms with E-state index in [0.29, 0.717) is 17.9 Å². The summed E-state index contributed by atoms with van der Waals surface area (Å²) in [5.74, 6) is 0.578. The molecule has 0 saturated heterocycles. The Kier molecular flexibility index (Phi) is 3.67. The van der Waals surface area contributed by atoms with E-state index in [1.807, 2.05) is 31.2 Å². The molecule has 0 radical (unpaired) electrons. The fraction of sp³-hybridized carbons (Fsp3) is 0.222. The highest BCUT2D eigenvalue weighted by Crippen LogP contribution is 2.27. The van der Waals surface area contributed by atoms with Crippen molar-refractivity contribution in [1.82, 2.24) is 4.98 Å². The van der Waals surface area contributed by atoms with Crippen LogP contribution in [-0.2, 0) is 4.79 Å². The lowest BCUT2D eigenvalue weighted by atomic mass is 10.1. The van der Waals surface area contributed by atoms with Crippen LogP contribution in [0.1, 0.15) is 24.5 Å². The third-order valence-corrected chi connectivity index (χ3v) is 3.75. The number of carbonyl (C=O) groups is 1.